The van der Waals surface area contributed by atoms with Gasteiger partial charge in [0, 0.05) is 18.8 Å². The van der Waals surface area contributed by atoms with Crippen LogP contribution >= 0.6 is 0 Å². The van der Waals surface area contributed by atoms with E-state index in [9.17, 15) is 4.79 Å². The van der Waals surface area contributed by atoms with Gasteiger partial charge in [-0.1, -0.05) is 26.0 Å². The number of hydrogen-bond acceptors (Lipinski definition) is 3. The first-order valence-electron chi connectivity index (χ1n) is 7.51. The van der Waals surface area contributed by atoms with Crippen molar-refractivity contribution in [1.29, 1.82) is 0 Å². The average Bonchev–Trinajstić information content (AvgIpc) is 2.51. The second-order valence-corrected chi connectivity index (χ2v) is 5.28. The topological polar surface area (TPSA) is 74.8 Å². The minimum absolute atomic E-state index is 0.474. The van der Waals surface area contributed by atoms with Gasteiger partial charge in [-0.2, -0.15) is 0 Å². The molecule has 22 heavy (non-hydrogen) atoms. The van der Waals surface area contributed by atoms with Crippen LogP contribution in [0.2, 0.25) is 0 Å². The number of nitrogens with one attached hydrogen (secondary N) is 3. The molecule has 6 heteroatoms. The lowest BCUT2D eigenvalue weighted by molar-refractivity contribution is 0.187. The lowest BCUT2D eigenvalue weighted by Gasteiger charge is -2.13. The van der Waals surface area contributed by atoms with Crippen LogP contribution in [0.4, 0.5) is 10.5 Å². The highest BCUT2D eigenvalue weighted by atomic mass is 16.5. The predicted molar refractivity (Wildman–Crippen MR) is 90.1 cm³/mol. The zero-order valence-corrected chi connectivity index (χ0v) is 13.8. The number of anilines is 1. The summed E-state index contributed by atoms with van der Waals surface area (Å²) in [5, 5.41) is 9.13. The highest BCUT2D eigenvalue weighted by Crippen LogP contribution is 2.10. The summed E-state index contributed by atoms with van der Waals surface area (Å²) in [6.45, 7) is 8.64. The van der Waals surface area contributed by atoms with Crippen molar-refractivity contribution in [3.05, 3.63) is 29.8 Å². The molecule has 1 amide bonds. The van der Waals surface area contributed by atoms with Crippen LogP contribution in [-0.4, -0.2) is 32.3 Å². The van der Waals surface area contributed by atoms with Crippen LogP contribution in [0.1, 0.15) is 26.3 Å². The summed E-state index contributed by atoms with van der Waals surface area (Å²) >= 11 is 0. The molecular formula is C16H26N4O2. The highest BCUT2D eigenvalue weighted by Gasteiger charge is 2.01. The van der Waals surface area contributed by atoms with Crippen LogP contribution in [0.5, 0.6) is 0 Å². The monoisotopic (exact) mass is 306 g/mol. The van der Waals surface area contributed by atoms with Crippen molar-refractivity contribution in [2.24, 2.45) is 10.9 Å². The molecule has 0 fully saturated rings. The van der Waals surface area contributed by atoms with Crippen molar-refractivity contribution < 1.29 is 9.53 Å². The molecule has 0 aliphatic rings. The summed E-state index contributed by atoms with van der Waals surface area (Å²) in [5.74, 6) is 1.38. The van der Waals surface area contributed by atoms with E-state index in [4.69, 9.17) is 0 Å². The standard InChI is InChI=1S/C16H26N4O2/c1-5-17-15(18-10-12(2)3)19-11-13-6-8-14(9-7-13)20-16(21)22-4/h6-9,12H,5,10-11H2,1-4H3,(H,20,21)(H2,17,18,19). The number of nitrogens with zero attached hydrogens (tertiary/aromatic N) is 1. The number of aliphatic imine (C=N–C) groups is 1. The van der Waals surface area contributed by atoms with Gasteiger partial charge < -0.3 is 15.4 Å². The lowest BCUT2D eigenvalue weighted by atomic mass is 10.2. The quantitative estimate of drug-likeness (QED) is 0.558. The number of methoxy groups -OCH3 is 1. The van der Waals surface area contributed by atoms with Crippen LogP contribution in [0.3, 0.4) is 0 Å². The molecule has 1 rings (SSSR count). The van der Waals surface area contributed by atoms with E-state index in [1.54, 1.807) is 0 Å². The first-order chi connectivity index (χ1) is 10.5. The molecule has 0 radical (unpaired) electrons. The zero-order chi connectivity index (χ0) is 16.4. The number of carbonyl (C=O) groups excluding carboxylic acids is 1. The van der Waals surface area contributed by atoms with E-state index in [0.717, 1.165) is 24.6 Å². The third-order valence-corrected chi connectivity index (χ3v) is 2.83. The van der Waals surface area contributed by atoms with Gasteiger partial charge in [0.15, 0.2) is 5.96 Å². The van der Waals surface area contributed by atoms with Crippen molar-refractivity contribution in [1.82, 2.24) is 10.6 Å². The summed E-state index contributed by atoms with van der Waals surface area (Å²) in [6.07, 6.45) is -0.474. The maximum atomic E-state index is 11.1. The van der Waals surface area contributed by atoms with Crippen LogP contribution in [-0.2, 0) is 11.3 Å². The zero-order valence-electron chi connectivity index (χ0n) is 13.8. The Morgan fingerprint density at radius 2 is 1.91 bits per heavy atom. The molecule has 1 aromatic carbocycles. The Bertz CT molecular complexity index is 483. The lowest BCUT2D eigenvalue weighted by Crippen LogP contribution is -2.39. The Labute approximate surface area is 132 Å². The second kappa shape index (κ2) is 9.65. The average molecular weight is 306 g/mol. The number of carbonyl (C=O) groups is 1. The summed E-state index contributed by atoms with van der Waals surface area (Å²) in [4.78, 5) is 15.7. The van der Waals surface area contributed by atoms with Gasteiger partial charge in [-0.05, 0) is 30.5 Å². The van der Waals surface area contributed by atoms with Gasteiger partial charge in [-0.15, -0.1) is 0 Å². The van der Waals surface area contributed by atoms with E-state index in [1.165, 1.54) is 7.11 Å². The number of benzene rings is 1. The SMILES string of the molecule is CCNC(=NCc1ccc(NC(=O)OC)cc1)NCC(C)C. The minimum Gasteiger partial charge on any atom is -0.453 e. The van der Waals surface area contributed by atoms with E-state index >= 15 is 0 Å². The van der Waals surface area contributed by atoms with E-state index in [-0.39, 0.29) is 0 Å². The maximum absolute atomic E-state index is 11.1. The maximum Gasteiger partial charge on any atom is 0.411 e. The third-order valence-electron chi connectivity index (χ3n) is 2.83. The third kappa shape index (κ3) is 6.97. The molecule has 0 spiro atoms. The van der Waals surface area contributed by atoms with Crippen LogP contribution < -0.4 is 16.0 Å². The van der Waals surface area contributed by atoms with Crippen molar-refractivity contribution in [3.8, 4) is 0 Å². The van der Waals surface area contributed by atoms with Gasteiger partial charge in [0.2, 0.25) is 0 Å². The summed E-state index contributed by atoms with van der Waals surface area (Å²) in [6, 6.07) is 7.52. The van der Waals surface area contributed by atoms with Crippen LogP contribution in [0.15, 0.2) is 29.3 Å². The van der Waals surface area contributed by atoms with Gasteiger partial charge in [0.1, 0.15) is 0 Å². The van der Waals surface area contributed by atoms with Crippen molar-refractivity contribution in [2.45, 2.75) is 27.3 Å². The molecule has 0 aromatic heterocycles. The molecule has 0 saturated heterocycles. The summed E-state index contributed by atoms with van der Waals surface area (Å²) in [7, 11) is 1.34. The predicted octanol–water partition coefficient (Wildman–Crippen LogP) is 2.58. The molecule has 0 aliphatic carbocycles. The normalized spacial score (nSPS) is 11.2. The second-order valence-electron chi connectivity index (χ2n) is 5.28. The number of guanidine groups is 1. The molecular weight excluding hydrogens is 280 g/mol. The Hall–Kier alpha value is -2.24. The molecule has 0 heterocycles. The van der Waals surface area contributed by atoms with Crippen LogP contribution in [0, 0.1) is 5.92 Å². The number of ether oxygens (including phenoxy) is 1. The molecule has 1 aromatic rings. The van der Waals surface area contributed by atoms with Gasteiger partial charge in [-0.3, -0.25) is 5.32 Å². The number of rotatable bonds is 6. The van der Waals surface area contributed by atoms with Gasteiger partial charge in [-0.25, -0.2) is 9.79 Å². The van der Waals surface area contributed by atoms with Crippen molar-refractivity contribution >= 4 is 17.7 Å². The molecule has 122 valence electrons. The van der Waals surface area contributed by atoms with E-state index in [2.05, 4.69) is 39.5 Å². The Morgan fingerprint density at radius 3 is 2.45 bits per heavy atom. The number of amides is 1. The van der Waals surface area contributed by atoms with Crippen LogP contribution in [0.25, 0.3) is 0 Å². The van der Waals surface area contributed by atoms with Gasteiger partial charge in [0.25, 0.3) is 0 Å². The first-order valence-corrected chi connectivity index (χ1v) is 7.51. The molecule has 0 saturated carbocycles. The van der Waals surface area contributed by atoms with E-state index in [1.807, 2.05) is 31.2 Å². The molecule has 0 bridgehead atoms. The Kier molecular flexibility index (Phi) is 7.81. The molecule has 3 N–H and O–H groups in total. The minimum atomic E-state index is -0.474. The smallest absolute Gasteiger partial charge is 0.411 e. The van der Waals surface area contributed by atoms with Crippen molar-refractivity contribution in [3.63, 3.8) is 0 Å². The fourth-order valence-electron chi connectivity index (χ4n) is 1.68. The summed E-state index contributed by atoms with van der Waals surface area (Å²) in [5.41, 5.74) is 1.77. The largest absolute Gasteiger partial charge is 0.453 e. The molecule has 0 atom stereocenters. The fraction of sp³-hybridized carbons (Fsp3) is 0.500. The summed E-state index contributed by atoms with van der Waals surface area (Å²) < 4.78 is 4.55. The van der Waals surface area contributed by atoms with E-state index < -0.39 is 6.09 Å². The first kappa shape index (κ1) is 17.8. The van der Waals surface area contributed by atoms with Crippen molar-refractivity contribution in [2.75, 3.05) is 25.5 Å². The molecule has 6 nitrogen and oxygen atoms in total. The number of hydrogen-bond donors (Lipinski definition) is 3. The Balaban J connectivity index is 2.59. The fourth-order valence-corrected chi connectivity index (χ4v) is 1.68. The molecule has 0 unspecified atom stereocenters. The van der Waals surface area contributed by atoms with Gasteiger partial charge in [0.05, 0.1) is 13.7 Å². The highest BCUT2D eigenvalue weighted by molar-refractivity contribution is 5.84. The molecule has 0 aliphatic heterocycles. The Morgan fingerprint density at radius 1 is 1.23 bits per heavy atom. The van der Waals surface area contributed by atoms with Gasteiger partial charge >= 0.3 is 6.09 Å². The van der Waals surface area contributed by atoms with E-state index in [0.29, 0.717) is 18.2 Å².